The van der Waals surface area contributed by atoms with E-state index in [1.54, 1.807) is 12.1 Å². The highest BCUT2D eigenvalue weighted by Gasteiger charge is 2.29. The van der Waals surface area contributed by atoms with E-state index in [0.29, 0.717) is 11.7 Å². The summed E-state index contributed by atoms with van der Waals surface area (Å²) in [7, 11) is 0. The first-order chi connectivity index (χ1) is 6.66. The smallest absolute Gasteiger partial charge is 0.165 e. The van der Waals surface area contributed by atoms with Gasteiger partial charge in [0.25, 0.3) is 0 Å². The molecule has 1 atom stereocenters. The predicted molar refractivity (Wildman–Crippen MR) is 54.0 cm³/mol. The van der Waals surface area contributed by atoms with E-state index in [-0.39, 0.29) is 11.9 Å². The SMILES string of the molecule is Cc1ccc(F)c(O[C@H](C)C2CC2)c1. The van der Waals surface area contributed by atoms with Gasteiger partial charge in [0.05, 0.1) is 6.10 Å². The van der Waals surface area contributed by atoms with Gasteiger partial charge in [0.2, 0.25) is 0 Å². The van der Waals surface area contributed by atoms with Crippen LogP contribution in [0.2, 0.25) is 0 Å². The van der Waals surface area contributed by atoms with E-state index >= 15 is 0 Å². The molecule has 0 amide bonds. The van der Waals surface area contributed by atoms with Crippen molar-refractivity contribution >= 4 is 0 Å². The van der Waals surface area contributed by atoms with E-state index in [9.17, 15) is 4.39 Å². The monoisotopic (exact) mass is 194 g/mol. The van der Waals surface area contributed by atoms with Gasteiger partial charge in [0.15, 0.2) is 11.6 Å². The number of hydrogen-bond acceptors (Lipinski definition) is 1. The average molecular weight is 194 g/mol. The summed E-state index contributed by atoms with van der Waals surface area (Å²) in [6.07, 6.45) is 2.58. The molecule has 1 aliphatic carbocycles. The maximum absolute atomic E-state index is 13.3. The summed E-state index contributed by atoms with van der Waals surface area (Å²) in [6.45, 7) is 3.95. The molecule has 1 nitrogen and oxygen atoms in total. The van der Waals surface area contributed by atoms with Gasteiger partial charge >= 0.3 is 0 Å². The highest BCUT2D eigenvalue weighted by molar-refractivity contribution is 5.29. The molecule has 1 aromatic rings. The van der Waals surface area contributed by atoms with Crippen molar-refractivity contribution in [3.05, 3.63) is 29.6 Å². The van der Waals surface area contributed by atoms with Crippen LogP contribution in [0.1, 0.15) is 25.3 Å². The molecule has 14 heavy (non-hydrogen) atoms. The van der Waals surface area contributed by atoms with Crippen LogP contribution in [0.4, 0.5) is 4.39 Å². The molecule has 76 valence electrons. The van der Waals surface area contributed by atoms with Crippen molar-refractivity contribution in [2.75, 3.05) is 0 Å². The highest BCUT2D eigenvalue weighted by atomic mass is 19.1. The lowest BCUT2D eigenvalue weighted by Gasteiger charge is -2.14. The molecule has 0 unspecified atom stereocenters. The summed E-state index contributed by atoms with van der Waals surface area (Å²) in [4.78, 5) is 0. The number of hydrogen-bond donors (Lipinski definition) is 0. The van der Waals surface area contributed by atoms with Crippen LogP contribution < -0.4 is 4.74 Å². The minimum Gasteiger partial charge on any atom is -0.487 e. The van der Waals surface area contributed by atoms with Crippen LogP contribution in [-0.4, -0.2) is 6.10 Å². The van der Waals surface area contributed by atoms with Gasteiger partial charge in [0, 0.05) is 0 Å². The summed E-state index contributed by atoms with van der Waals surface area (Å²) in [5.41, 5.74) is 1.03. The number of benzene rings is 1. The Bertz CT molecular complexity index is 331. The molecule has 0 aromatic heterocycles. The Labute approximate surface area is 83.9 Å². The fraction of sp³-hybridized carbons (Fsp3) is 0.500. The Kier molecular flexibility index (Phi) is 2.44. The number of rotatable bonds is 3. The third kappa shape index (κ3) is 2.06. The maximum atomic E-state index is 13.3. The molecule has 2 rings (SSSR count). The lowest BCUT2D eigenvalue weighted by Crippen LogP contribution is -2.14. The first-order valence-corrected chi connectivity index (χ1v) is 5.09. The molecule has 2 heteroatoms. The van der Waals surface area contributed by atoms with Gasteiger partial charge in [-0.15, -0.1) is 0 Å². The van der Waals surface area contributed by atoms with Crippen LogP contribution in [0.15, 0.2) is 18.2 Å². The molecular weight excluding hydrogens is 179 g/mol. The number of ether oxygens (including phenoxy) is 1. The lowest BCUT2D eigenvalue weighted by atomic mass is 10.2. The Morgan fingerprint density at radius 1 is 1.43 bits per heavy atom. The van der Waals surface area contributed by atoms with Crippen molar-refractivity contribution in [3.63, 3.8) is 0 Å². The van der Waals surface area contributed by atoms with Gasteiger partial charge in [-0.1, -0.05) is 6.07 Å². The zero-order chi connectivity index (χ0) is 10.1. The average Bonchev–Trinajstić information content (AvgIpc) is 2.94. The quantitative estimate of drug-likeness (QED) is 0.717. The van der Waals surface area contributed by atoms with Crippen molar-refractivity contribution in [2.45, 2.75) is 32.8 Å². The van der Waals surface area contributed by atoms with Crippen LogP contribution in [0, 0.1) is 18.7 Å². The Balaban J connectivity index is 2.10. The number of aryl methyl sites for hydroxylation is 1. The van der Waals surface area contributed by atoms with Gasteiger partial charge in [-0.05, 0) is 50.3 Å². The Morgan fingerprint density at radius 3 is 2.79 bits per heavy atom. The summed E-state index contributed by atoms with van der Waals surface area (Å²) < 4.78 is 18.9. The first kappa shape index (κ1) is 9.50. The second-order valence-electron chi connectivity index (χ2n) is 4.09. The third-order valence-corrected chi connectivity index (χ3v) is 2.69. The van der Waals surface area contributed by atoms with Crippen molar-refractivity contribution < 1.29 is 9.13 Å². The van der Waals surface area contributed by atoms with Crippen LogP contribution in [0.3, 0.4) is 0 Å². The summed E-state index contributed by atoms with van der Waals surface area (Å²) in [6, 6.07) is 4.97. The molecule has 1 saturated carbocycles. The minimum atomic E-state index is -0.261. The molecule has 1 aliphatic rings. The zero-order valence-corrected chi connectivity index (χ0v) is 8.59. The van der Waals surface area contributed by atoms with E-state index in [2.05, 4.69) is 0 Å². The summed E-state index contributed by atoms with van der Waals surface area (Å²) >= 11 is 0. The van der Waals surface area contributed by atoms with Crippen LogP contribution in [-0.2, 0) is 0 Å². The summed E-state index contributed by atoms with van der Waals surface area (Å²) in [5, 5.41) is 0. The standard InChI is InChI=1S/C12H15FO/c1-8-3-6-11(13)12(7-8)14-9(2)10-4-5-10/h3,6-7,9-10H,4-5H2,1-2H3/t9-/m1/s1. The molecule has 0 N–H and O–H groups in total. The van der Waals surface area contributed by atoms with Crippen molar-refractivity contribution in [3.8, 4) is 5.75 Å². The molecule has 0 radical (unpaired) electrons. The molecule has 0 aliphatic heterocycles. The van der Waals surface area contributed by atoms with Crippen molar-refractivity contribution in [1.29, 1.82) is 0 Å². The van der Waals surface area contributed by atoms with E-state index in [1.807, 2.05) is 13.8 Å². The van der Waals surface area contributed by atoms with Crippen LogP contribution in [0.25, 0.3) is 0 Å². The van der Waals surface area contributed by atoms with Gasteiger partial charge in [0.1, 0.15) is 0 Å². The fourth-order valence-corrected chi connectivity index (χ4v) is 1.56. The molecule has 0 spiro atoms. The molecule has 1 aromatic carbocycles. The molecule has 1 fully saturated rings. The van der Waals surface area contributed by atoms with E-state index in [0.717, 1.165) is 5.56 Å². The first-order valence-electron chi connectivity index (χ1n) is 5.09. The summed E-state index contributed by atoms with van der Waals surface area (Å²) in [5.74, 6) is 0.766. The Hall–Kier alpha value is -1.05. The van der Waals surface area contributed by atoms with E-state index in [1.165, 1.54) is 18.9 Å². The Morgan fingerprint density at radius 2 is 2.14 bits per heavy atom. The minimum absolute atomic E-state index is 0.145. The van der Waals surface area contributed by atoms with E-state index < -0.39 is 0 Å². The maximum Gasteiger partial charge on any atom is 0.165 e. The molecule has 0 bridgehead atoms. The highest BCUT2D eigenvalue weighted by Crippen LogP contribution is 2.35. The molecular formula is C12H15FO. The van der Waals surface area contributed by atoms with Gasteiger partial charge in [-0.2, -0.15) is 0 Å². The second-order valence-corrected chi connectivity index (χ2v) is 4.09. The zero-order valence-electron chi connectivity index (χ0n) is 8.59. The topological polar surface area (TPSA) is 9.23 Å². The lowest BCUT2D eigenvalue weighted by molar-refractivity contribution is 0.189. The van der Waals surface area contributed by atoms with Gasteiger partial charge in [-0.25, -0.2) is 4.39 Å². The molecule has 0 saturated heterocycles. The number of halogens is 1. The predicted octanol–water partition coefficient (Wildman–Crippen LogP) is 3.31. The third-order valence-electron chi connectivity index (χ3n) is 2.69. The largest absolute Gasteiger partial charge is 0.487 e. The molecule has 0 heterocycles. The van der Waals surface area contributed by atoms with E-state index in [4.69, 9.17) is 4.74 Å². The van der Waals surface area contributed by atoms with Crippen molar-refractivity contribution in [1.82, 2.24) is 0 Å². The normalized spacial score (nSPS) is 17.9. The van der Waals surface area contributed by atoms with Gasteiger partial charge in [-0.3, -0.25) is 0 Å². The van der Waals surface area contributed by atoms with Crippen LogP contribution in [0.5, 0.6) is 5.75 Å². The van der Waals surface area contributed by atoms with Crippen LogP contribution >= 0.6 is 0 Å². The van der Waals surface area contributed by atoms with Gasteiger partial charge < -0.3 is 4.74 Å². The van der Waals surface area contributed by atoms with Crippen molar-refractivity contribution in [2.24, 2.45) is 5.92 Å². The second kappa shape index (κ2) is 3.60. The fourth-order valence-electron chi connectivity index (χ4n) is 1.56.